The largest absolute Gasteiger partial charge is 0.494 e. The molecule has 1 aromatic carbocycles. The molecule has 2 rings (SSSR count). The molecule has 104 valence electrons. The SMILES string of the molecule is CCOc1ccc(Nc2ccc(NC(C)=O)nn2)cc1. The van der Waals surface area contributed by atoms with Gasteiger partial charge in [-0.25, -0.2) is 0 Å². The lowest BCUT2D eigenvalue weighted by Gasteiger charge is -2.07. The molecule has 0 saturated heterocycles. The van der Waals surface area contributed by atoms with Gasteiger partial charge in [0.15, 0.2) is 11.6 Å². The molecule has 0 bridgehead atoms. The average molecular weight is 272 g/mol. The minimum absolute atomic E-state index is 0.175. The fourth-order valence-corrected chi connectivity index (χ4v) is 1.60. The Morgan fingerprint density at radius 2 is 1.75 bits per heavy atom. The zero-order chi connectivity index (χ0) is 14.4. The molecule has 0 saturated carbocycles. The van der Waals surface area contributed by atoms with Crippen molar-refractivity contribution in [3.8, 4) is 5.75 Å². The molecule has 0 spiro atoms. The predicted molar refractivity (Wildman–Crippen MR) is 77.2 cm³/mol. The molecule has 0 unspecified atom stereocenters. The second-order valence-electron chi connectivity index (χ2n) is 4.07. The number of rotatable bonds is 5. The maximum absolute atomic E-state index is 10.9. The summed E-state index contributed by atoms with van der Waals surface area (Å²) in [5, 5.41) is 13.5. The zero-order valence-electron chi connectivity index (χ0n) is 11.4. The van der Waals surface area contributed by atoms with Crippen LogP contribution in [0, 0.1) is 0 Å². The van der Waals surface area contributed by atoms with Crippen LogP contribution in [-0.2, 0) is 4.79 Å². The Morgan fingerprint density at radius 3 is 2.30 bits per heavy atom. The van der Waals surface area contributed by atoms with Crippen molar-refractivity contribution in [2.24, 2.45) is 0 Å². The van der Waals surface area contributed by atoms with Gasteiger partial charge in [-0.2, -0.15) is 0 Å². The van der Waals surface area contributed by atoms with Crippen molar-refractivity contribution in [3.63, 3.8) is 0 Å². The number of anilines is 3. The topological polar surface area (TPSA) is 76.1 Å². The first-order chi connectivity index (χ1) is 9.67. The molecule has 1 amide bonds. The van der Waals surface area contributed by atoms with Crippen LogP contribution < -0.4 is 15.4 Å². The number of aromatic nitrogens is 2. The van der Waals surface area contributed by atoms with E-state index in [0.29, 0.717) is 18.2 Å². The summed E-state index contributed by atoms with van der Waals surface area (Å²) in [6.07, 6.45) is 0. The lowest BCUT2D eigenvalue weighted by Crippen LogP contribution is -2.08. The Kier molecular flexibility index (Phi) is 4.49. The van der Waals surface area contributed by atoms with Crippen LogP contribution in [0.1, 0.15) is 13.8 Å². The van der Waals surface area contributed by atoms with E-state index in [2.05, 4.69) is 20.8 Å². The highest BCUT2D eigenvalue weighted by Crippen LogP contribution is 2.19. The van der Waals surface area contributed by atoms with Crippen molar-refractivity contribution in [1.29, 1.82) is 0 Å². The first kappa shape index (κ1) is 13.8. The summed E-state index contributed by atoms with van der Waals surface area (Å²) in [5.74, 6) is 1.68. The van der Waals surface area contributed by atoms with E-state index in [1.807, 2.05) is 31.2 Å². The number of nitrogens with one attached hydrogen (secondary N) is 2. The lowest BCUT2D eigenvalue weighted by molar-refractivity contribution is -0.114. The van der Waals surface area contributed by atoms with Crippen LogP contribution in [0.15, 0.2) is 36.4 Å². The van der Waals surface area contributed by atoms with Crippen LogP contribution in [0.5, 0.6) is 5.75 Å². The van der Waals surface area contributed by atoms with E-state index in [0.717, 1.165) is 11.4 Å². The van der Waals surface area contributed by atoms with Crippen LogP contribution in [0.3, 0.4) is 0 Å². The lowest BCUT2D eigenvalue weighted by atomic mass is 10.3. The molecular weight excluding hydrogens is 256 g/mol. The molecule has 2 aromatic rings. The van der Waals surface area contributed by atoms with Crippen LogP contribution in [0.25, 0.3) is 0 Å². The number of carbonyl (C=O) groups excluding carboxylic acids is 1. The Morgan fingerprint density at radius 1 is 1.10 bits per heavy atom. The molecule has 2 N–H and O–H groups in total. The number of benzene rings is 1. The number of carbonyl (C=O) groups is 1. The number of ether oxygens (including phenoxy) is 1. The first-order valence-corrected chi connectivity index (χ1v) is 6.28. The number of hydrogen-bond donors (Lipinski definition) is 2. The Hall–Kier alpha value is -2.63. The van der Waals surface area contributed by atoms with Gasteiger partial charge in [-0.1, -0.05) is 0 Å². The van der Waals surface area contributed by atoms with Gasteiger partial charge in [0.05, 0.1) is 6.61 Å². The molecule has 6 heteroatoms. The van der Waals surface area contributed by atoms with E-state index >= 15 is 0 Å². The smallest absolute Gasteiger partial charge is 0.222 e. The van der Waals surface area contributed by atoms with Gasteiger partial charge in [-0.05, 0) is 43.3 Å². The van der Waals surface area contributed by atoms with Gasteiger partial charge < -0.3 is 15.4 Å². The molecular formula is C14H16N4O2. The van der Waals surface area contributed by atoms with E-state index in [9.17, 15) is 4.79 Å². The Bertz CT molecular complexity index is 567. The summed E-state index contributed by atoms with van der Waals surface area (Å²) in [4.78, 5) is 10.9. The second kappa shape index (κ2) is 6.51. The highest BCUT2D eigenvalue weighted by molar-refractivity contribution is 5.87. The molecule has 1 heterocycles. The van der Waals surface area contributed by atoms with Crippen molar-refractivity contribution >= 4 is 23.2 Å². The van der Waals surface area contributed by atoms with Gasteiger partial charge in [-0.15, -0.1) is 10.2 Å². The summed E-state index contributed by atoms with van der Waals surface area (Å²) in [6, 6.07) is 11.0. The standard InChI is InChI=1S/C14H16N4O2/c1-3-20-12-6-4-11(5-7-12)16-14-9-8-13(17-18-14)15-10(2)19/h4-9H,3H2,1-2H3,(H,16,18)(H,15,17,19). The number of hydrogen-bond acceptors (Lipinski definition) is 5. The predicted octanol–water partition coefficient (Wildman–Crippen LogP) is 2.58. The van der Waals surface area contributed by atoms with E-state index in [-0.39, 0.29) is 5.91 Å². The summed E-state index contributed by atoms with van der Waals surface area (Å²) in [7, 11) is 0. The number of nitrogens with zero attached hydrogens (tertiary/aromatic N) is 2. The average Bonchev–Trinajstić information content (AvgIpc) is 2.43. The third-order valence-electron chi connectivity index (χ3n) is 2.41. The summed E-state index contributed by atoms with van der Waals surface area (Å²) < 4.78 is 5.37. The molecule has 0 fully saturated rings. The van der Waals surface area contributed by atoms with Crippen LogP contribution >= 0.6 is 0 Å². The van der Waals surface area contributed by atoms with E-state index in [1.165, 1.54) is 6.92 Å². The van der Waals surface area contributed by atoms with Crippen molar-refractivity contribution < 1.29 is 9.53 Å². The van der Waals surface area contributed by atoms with Crippen molar-refractivity contribution in [2.45, 2.75) is 13.8 Å². The fraction of sp³-hybridized carbons (Fsp3) is 0.214. The minimum Gasteiger partial charge on any atom is -0.494 e. The van der Waals surface area contributed by atoms with Gasteiger partial charge in [0.25, 0.3) is 0 Å². The molecule has 0 aliphatic carbocycles. The van der Waals surface area contributed by atoms with E-state index in [1.54, 1.807) is 12.1 Å². The summed E-state index contributed by atoms with van der Waals surface area (Å²) in [5.41, 5.74) is 0.884. The quantitative estimate of drug-likeness (QED) is 0.874. The van der Waals surface area contributed by atoms with E-state index < -0.39 is 0 Å². The third-order valence-corrected chi connectivity index (χ3v) is 2.41. The zero-order valence-corrected chi connectivity index (χ0v) is 11.4. The van der Waals surface area contributed by atoms with Gasteiger partial charge in [-0.3, -0.25) is 4.79 Å². The fourth-order valence-electron chi connectivity index (χ4n) is 1.60. The number of amides is 1. The molecule has 0 aliphatic heterocycles. The maximum atomic E-state index is 10.9. The second-order valence-corrected chi connectivity index (χ2v) is 4.07. The van der Waals surface area contributed by atoms with Gasteiger partial charge in [0.1, 0.15) is 5.75 Å². The molecule has 0 radical (unpaired) electrons. The highest BCUT2D eigenvalue weighted by Gasteiger charge is 2.00. The van der Waals surface area contributed by atoms with Crippen LogP contribution in [0.4, 0.5) is 17.3 Å². The molecule has 6 nitrogen and oxygen atoms in total. The maximum Gasteiger partial charge on any atom is 0.222 e. The summed E-state index contributed by atoms with van der Waals surface area (Å²) in [6.45, 7) is 4.01. The summed E-state index contributed by atoms with van der Waals surface area (Å²) >= 11 is 0. The Labute approximate surface area is 117 Å². The highest BCUT2D eigenvalue weighted by atomic mass is 16.5. The monoisotopic (exact) mass is 272 g/mol. The normalized spacial score (nSPS) is 9.90. The van der Waals surface area contributed by atoms with Gasteiger partial charge >= 0.3 is 0 Å². The van der Waals surface area contributed by atoms with Crippen LogP contribution in [0.2, 0.25) is 0 Å². The molecule has 20 heavy (non-hydrogen) atoms. The first-order valence-electron chi connectivity index (χ1n) is 6.28. The van der Waals surface area contributed by atoms with Crippen molar-refractivity contribution in [2.75, 3.05) is 17.2 Å². The molecule has 1 aromatic heterocycles. The molecule has 0 aliphatic rings. The minimum atomic E-state index is -0.175. The van der Waals surface area contributed by atoms with Crippen molar-refractivity contribution in [3.05, 3.63) is 36.4 Å². The Balaban J connectivity index is 2.00. The van der Waals surface area contributed by atoms with E-state index in [4.69, 9.17) is 4.74 Å². The van der Waals surface area contributed by atoms with Crippen molar-refractivity contribution in [1.82, 2.24) is 10.2 Å². The van der Waals surface area contributed by atoms with Gasteiger partial charge in [0, 0.05) is 12.6 Å². The molecule has 0 atom stereocenters. The van der Waals surface area contributed by atoms with Crippen LogP contribution in [-0.4, -0.2) is 22.7 Å². The van der Waals surface area contributed by atoms with Gasteiger partial charge in [0.2, 0.25) is 5.91 Å². The third kappa shape index (κ3) is 3.94.